The zero-order valence-electron chi connectivity index (χ0n) is 9.57. The van der Waals surface area contributed by atoms with Crippen molar-refractivity contribution in [3.8, 4) is 0 Å². The maximum Gasteiger partial charge on any atom is 0.219 e. The minimum atomic E-state index is -0.259. The molecule has 3 nitrogen and oxygen atoms in total. The van der Waals surface area contributed by atoms with Crippen molar-refractivity contribution in [1.29, 1.82) is 0 Å². The third kappa shape index (κ3) is 2.42. The number of amides is 1. The highest BCUT2D eigenvalue weighted by molar-refractivity contribution is 5.74. The van der Waals surface area contributed by atoms with Crippen LogP contribution in [-0.4, -0.2) is 13.0 Å². The Kier molecular flexibility index (Phi) is 3.25. The zero-order valence-corrected chi connectivity index (χ0v) is 9.57. The first-order chi connectivity index (χ1) is 7.72. The van der Waals surface area contributed by atoms with E-state index in [1.165, 1.54) is 24.0 Å². The van der Waals surface area contributed by atoms with Gasteiger partial charge in [0.1, 0.15) is 0 Å². The maximum absolute atomic E-state index is 11.0. The fourth-order valence-electron chi connectivity index (χ4n) is 2.16. The van der Waals surface area contributed by atoms with E-state index in [0.717, 1.165) is 0 Å². The van der Waals surface area contributed by atoms with E-state index in [9.17, 15) is 4.79 Å². The summed E-state index contributed by atoms with van der Waals surface area (Å²) in [5.41, 5.74) is 7.88. The summed E-state index contributed by atoms with van der Waals surface area (Å²) in [5, 5.41) is 3.17. The van der Waals surface area contributed by atoms with Gasteiger partial charge in [0.05, 0.1) is 0 Å². The van der Waals surface area contributed by atoms with Gasteiger partial charge in [0, 0.05) is 12.5 Å². The molecule has 86 valence electrons. The number of carbonyl (C=O) groups excluding carboxylic acids is 1. The van der Waals surface area contributed by atoms with Gasteiger partial charge in [-0.25, -0.2) is 0 Å². The van der Waals surface area contributed by atoms with E-state index in [-0.39, 0.29) is 11.9 Å². The van der Waals surface area contributed by atoms with E-state index < -0.39 is 0 Å². The van der Waals surface area contributed by atoms with E-state index in [0.29, 0.717) is 12.3 Å². The third-order valence-corrected chi connectivity index (χ3v) is 3.14. The minimum absolute atomic E-state index is 0.0503. The Morgan fingerprint density at radius 3 is 2.75 bits per heavy atom. The van der Waals surface area contributed by atoms with Crippen molar-refractivity contribution >= 4 is 5.91 Å². The normalized spacial score (nSPS) is 17.1. The molecule has 1 fully saturated rings. The molecule has 2 rings (SSSR count). The molecule has 0 bridgehead atoms. The van der Waals surface area contributed by atoms with E-state index >= 15 is 0 Å². The van der Waals surface area contributed by atoms with Crippen molar-refractivity contribution in [3.63, 3.8) is 0 Å². The zero-order chi connectivity index (χ0) is 11.5. The van der Waals surface area contributed by atoms with Gasteiger partial charge in [0.25, 0.3) is 0 Å². The summed E-state index contributed by atoms with van der Waals surface area (Å²) < 4.78 is 0. The predicted octanol–water partition coefficient (Wildman–Crippen LogP) is 1.70. The van der Waals surface area contributed by atoms with Crippen LogP contribution >= 0.6 is 0 Å². The fourth-order valence-corrected chi connectivity index (χ4v) is 2.16. The van der Waals surface area contributed by atoms with Crippen molar-refractivity contribution in [2.24, 2.45) is 5.73 Å². The molecule has 3 N–H and O–H groups in total. The van der Waals surface area contributed by atoms with Crippen LogP contribution in [0.15, 0.2) is 24.3 Å². The highest BCUT2D eigenvalue weighted by Gasteiger charge is 2.27. The smallest absolute Gasteiger partial charge is 0.219 e. The standard InChI is InChI=1S/C13H18N2O/c1-15-12(8-13(14)16)11-5-3-2-4-10(11)9-6-7-9/h2-5,9,12,15H,6-8H2,1H3,(H2,14,16). The van der Waals surface area contributed by atoms with Crippen LogP contribution in [0.25, 0.3) is 0 Å². The average molecular weight is 218 g/mol. The van der Waals surface area contributed by atoms with E-state index in [1.807, 2.05) is 13.1 Å². The summed E-state index contributed by atoms with van der Waals surface area (Å²) in [4.78, 5) is 11.0. The molecule has 1 atom stereocenters. The molecule has 1 aromatic carbocycles. The lowest BCUT2D eigenvalue weighted by atomic mass is 9.95. The van der Waals surface area contributed by atoms with Crippen LogP contribution in [0.4, 0.5) is 0 Å². The molecule has 0 radical (unpaired) electrons. The Balaban J connectivity index is 2.25. The largest absolute Gasteiger partial charge is 0.370 e. The second-order valence-electron chi connectivity index (χ2n) is 4.41. The van der Waals surface area contributed by atoms with Crippen LogP contribution in [0.5, 0.6) is 0 Å². The Morgan fingerprint density at radius 2 is 2.19 bits per heavy atom. The first-order valence-corrected chi connectivity index (χ1v) is 5.76. The van der Waals surface area contributed by atoms with Crippen LogP contribution in [-0.2, 0) is 4.79 Å². The molecule has 0 saturated heterocycles. The number of hydrogen-bond donors (Lipinski definition) is 2. The molecule has 1 aliphatic carbocycles. The minimum Gasteiger partial charge on any atom is -0.370 e. The van der Waals surface area contributed by atoms with Crippen LogP contribution in [0.3, 0.4) is 0 Å². The molecule has 1 saturated carbocycles. The monoisotopic (exact) mass is 218 g/mol. The molecule has 1 amide bonds. The van der Waals surface area contributed by atoms with Crippen molar-refractivity contribution in [2.45, 2.75) is 31.2 Å². The summed E-state index contributed by atoms with van der Waals surface area (Å²) in [7, 11) is 1.87. The second-order valence-corrected chi connectivity index (χ2v) is 4.41. The Labute approximate surface area is 96.0 Å². The molecule has 1 aromatic rings. The molecule has 0 heterocycles. The highest BCUT2D eigenvalue weighted by Crippen LogP contribution is 2.43. The average Bonchev–Trinajstić information content (AvgIpc) is 3.09. The molecular weight excluding hydrogens is 200 g/mol. The lowest BCUT2D eigenvalue weighted by Crippen LogP contribution is -2.24. The third-order valence-electron chi connectivity index (χ3n) is 3.14. The number of hydrogen-bond acceptors (Lipinski definition) is 2. The topological polar surface area (TPSA) is 55.1 Å². The number of primary amides is 1. The van der Waals surface area contributed by atoms with Gasteiger partial charge in [-0.2, -0.15) is 0 Å². The van der Waals surface area contributed by atoms with Gasteiger partial charge in [-0.15, -0.1) is 0 Å². The summed E-state index contributed by atoms with van der Waals surface area (Å²) >= 11 is 0. The fraction of sp³-hybridized carbons (Fsp3) is 0.462. The molecule has 0 spiro atoms. The number of nitrogens with one attached hydrogen (secondary N) is 1. The van der Waals surface area contributed by atoms with Gasteiger partial charge in [0.2, 0.25) is 5.91 Å². The summed E-state index contributed by atoms with van der Waals surface area (Å²) in [6.07, 6.45) is 2.90. The second kappa shape index (κ2) is 4.66. The molecule has 16 heavy (non-hydrogen) atoms. The van der Waals surface area contributed by atoms with Crippen molar-refractivity contribution in [3.05, 3.63) is 35.4 Å². The number of nitrogens with two attached hydrogens (primary N) is 1. The Bertz CT molecular complexity index is 385. The maximum atomic E-state index is 11.0. The predicted molar refractivity (Wildman–Crippen MR) is 64.0 cm³/mol. The number of rotatable bonds is 5. The van der Waals surface area contributed by atoms with Crippen LogP contribution < -0.4 is 11.1 Å². The molecule has 1 aliphatic rings. The Hall–Kier alpha value is -1.35. The van der Waals surface area contributed by atoms with Gasteiger partial charge < -0.3 is 11.1 Å². The van der Waals surface area contributed by atoms with Crippen molar-refractivity contribution in [2.75, 3.05) is 7.05 Å². The lowest BCUT2D eigenvalue weighted by molar-refractivity contribution is -0.118. The van der Waals surface area contributed by atoms with Crippen LogP contribution in [0.1, 0.15) is 42.3 Å². The summed E-state index contributed by atoms with van der Waals surface area (Å²) in [6.45, 7) is 0. The molecular formula is C13H18N2O. The van der Waals surface area contributed by atoms with Crippen LogP contribution in [0.2, 0.25) is 0 Å². The summed E-state index contributed by atoms with van der Waals surface area (Å²) in [5.74, 6) is 0.435. The van der Waals surface area contributed by atoms with Crippen molar-refractivity contribution < 1.29 is 4.79 Å². The molecule has 0 aromatic heterocycles. The summed E-state index contributed by atoms with van der Waals surface area (Å²) in [6, 6.07) is 8.39. The number of benzene rings is 1. The molecule has 1 unspecified atom stereocenters. The molecule has 0 aliphatic heterocycles. The SMILES string of the molecule is CNC(CC(N)=O)c1ccccc1C1CC1. The lowest BCUT2D eigenvalue weighted by Gasteiger charge is -2.18. The number of carbonyl (C=O) groups is 1. The van der Waals surface area contributed by atoms with Crippen molar-refractivity contribution in [1.82, 2.24) is 5.32 Å². The van der Waals surface area contributed by atoms with Gasteiger partial charge in [-0.3, -0.25) is 4.79 Å². The van der Waals surface area contributed by atoms with Gasteiger partial charge in [-0.05, 0) is 36.9 Å². The highest BCUT2D eigenvalue weighted by atomic mass is 16.1. The van der Waals surface area contributed by atoms with E-state index in [4.69, 9.17) is 5.73 Å². The van der Waals surface area contributed by atoms with Crippen LogP contribution in [0, 0.1) is 0 Å². The first kappa shape index (κ1) is 11.1. The quantitative estimate of drug-likeness (QED) is 0.790. The first-order valence-electron chi connectivity index (χ1n) is 5.76. The van der Waals surface area contributed by atoms with Gasteiger partial charge in [0.15, 0.2) is 0 Å². The molecule has 3 heteroatoms. The van der Waals surface area contributed by atoms with E-state index in [2.05, 4.69) is 23.5 Å². The van der Waals surface area contributed by atoms with E-state index in [1.54, 1.807) is 0 Å². The van der Waals surface area contributed by atoms with Gasteiger partial charge >= 0.3 is 0 Å². The Morgan fingerprint density at radius 1 is 1.50 bits per heavy atom. The van der Waals surface area contributed by atoms with Gasteiger partial charge in [-0.1, -0.05) is 24.3 Å².